The molecular formula is C13H13N5O. The molecule has 0 atom stereocenters. The second kappa shape index (κ2) is 6.21. The Kier molecular flexibility index (Phi) is 4.13. The van der Waals surface area contributed by atoms with E-state index in [2.05, 4.69) is 15.3 Å². The summed E-state index contributed by atoms with van der Waals surface area (Å²) in [6, 6.07) is 10.7. The van der Waals surface area contributed by atoms with Gasteiger partial charge >= 0.3 is 0 Å². The number of nitrogen functional groups attached to an aromatic ring is 1. The summed E-state index contributed by atoms with van der Waals surface area (Å²) in [4.78, 5) is 7.99. The Morgan fingerprint density at radius 1 is 1.37 bits per heavy atom. The van der Waals surface area contributed by atoms with Gasteiger partial charge in [-0.2, -0.15) is 5.26 Å². The van der Waals surface area contributed by atoms with Gasteiger partial charge in [0.15, 0.2) is 0 Å². The first kappa shape index (κ1) is 12.6. The molecule has 0 aliphatic rings. The van der Waals surface area contributed by atoms with Gasteiger partial charge in [-0.1, -0.05) is 6.07 Å². The number of nitrogens with zero attached hydrogens (tertiary/aromatic N) is 3. The second-order valence-corrected chi connectivity index (χ2v) is 3.73. The number of ether oxygens (including phenoxy) is 1. The molecule has 0 unspecified atom stereocenters. The monoisotopic (exact) mass is 255 g/mol. The number of aromatic nitrogens is 2. The van der Waals surface area contributed by atoms with Crippen molar-refractivity contribution >= 4 is 11.6 Å². The number of rotatable bonds is 5. The average Bonchev–Trinajstić information content (AvgIpc) is 2.44. The molecule has 0 saturated carbocycles. The molecular weight excluding hydrogens is 242 g/mol. The molecule has 1 heterocycles. The summed E-state index contributed by atoms with van der Waals surface area (Å²) < 4.78 is 5.50. The number of anilines is 2. The first-order chi connectivity index (χ1) is 9.28. The molecule has 6 nitrogen and oxygen atoms in total. The summed E-state index contributed by atoms with van der Waals surface area (Å²) in [7, 11) is 0. The lowest BCUT2D eigenvalue weighted by molar-refractivity contribution is 0.333. The van der Waals surface area contributed by atoms with E-state index in [0.717, 1.165) is 0 Å². The summed E-state index contributed by atoms with van der Waals surface area (Å²) in [5.74, 6) is 1.13. The van der Waals surface area contributed by atoms with E-state index in [4.69, 9.17) is 15.7 Å². The zero-order valence-corrected chi connectivity index (χ0v) is 10.2. The largest absolute Gasteiger partial charge is 0.492 e. The Morgan fingerprint density at radius 3 is 3.05 bits per heavy atom. The zero-order chi connectivity index (χ0) is 13.5. The average molecular weight is 255 g/mol. The van der Waals surface area contributed by atoms with Gasteiger partial charge in [0.1, 0.15) is 24.1 Å². The zero-order valence-electron chi connectivity index (χ0n) is 10.2. The van der Waals surface area contributed by atoms with E-state index < -0.39 is 0 Å². The molecule has 1 aromatic heterocycles. The Hall–Kier alpha value is -2.81. The van der Waals surface area contributed by atoms with Crippen LogP contribution in [0, 0.1) is 11.3 Å². The van der Waals surface area contributed by atoms with Crippen molar-refractivity contribution in [1.29, 1.82) is 5.26 Å². The van der Waals surface area contributed by atoms with Crippen molar-refractivity contribution in [3.8, 4) is 11.8 Å². The van der Waals surface area contributed by atoms with Crippen molar-refractivity contribution in [2.45, 2.75) is 0 Å². The van der Waals surface area contributed by atoms with Crippen LogP contribution in [0.1, 0.15) is 5.69 Å². The highest BCUT2D eigenvalue weighted by Crippen LogP contribution is 2.14. The molecule has 0 aliphatic heterocycles. The van der Waals surface area contributed by atoms with Gasteiger partial charge < -0.3 is 15.8 Å². The topological polar surface area (TPSA) is 96.8 Å². The molecule has 19 heavy (non-hydrogen) atoms. The fourth-order valence-electron chi connectivity index (χ4n) is 1.44. The molecule has 0 amide bonds. The minimum atomic E-state index is 0.328. The standard InChI is InChI=1S/C13H13N5O/c14-9-11-4-5-16-13(18-11)17-6-7-19-12-3-1-2-10(15)8-12/h1-5,8H,6-7,15H2,(H,16,17,18). The predicted molar refractivity (Wildman–Crippen MR) is 71.6 cm³/mol. The Bertz CT molecular complexity index is 594. The number of nitrogens with one attached hydrogen (secondary N) is 1. The Balaban J connectivity index is 1.79. The van der Waals surface area contributed by atoms with Gasteiger partial charge in [-0.25, -0.2) is 9.97 Å². The predicted octanol–water partition coefficient (Wildman–Crippen LogP) is 1.42. The number of benzene rings is 1. The molecule has 0 saturated heterocycles. The quantitative estimate of drug-likeness (QED) is 0.619. The minimum absolute atomic E-state index is 0.328. The third-order valence-electron chi connectivity index (χ3n) is 2.28. The molecule has 0 radical (unpaired) electrons. The highest BCUT2D eigenvalue weighted by atomic mass is 16.5. The first-order valence-corrected chi connectivity index (χ1v) is 5.73. The van der Waals surface area contributed by atoms with Crippen LogP contribution in [0.5, 0.6) is 5.75 Å². The normalized spacial score (nSPS) is 9.63. The van der Waals surface area contributed by atoms with Crippen LogP contribution in [0.3, 0.4) is 0 Å². The summed E-state index contributed by atoms with van der Waals surface area (Å²) in [5, 5.41) is 11.7. The molecule has 0 fully saturated rings. The van der Waals surface area contributed by atoms with Gasteiger partial charge in [-0.15, -0.1) is 0 Å². The lowest BCUT2D eigenvalue weighted by atomic mass is 10.3. The second-order valence-electron chi connectivity index (χ2n) is 3.73. The van der Waals surface area contributed by atoms with Crippen LogP contribution in [0.25, 0.3) is 0 Å². The highest BCUT2D eigenvalue weighted by Gasteiger charge is 1.98. The van der Waals surface area contributed by atoms with Gasteiger partial charge in [0.2, 0.25) is 5.95 Å². The highest BCUT2D eigenvalue weighted by molar-refractivity contribution is 5.43. The van der Waals surface area contributed by atoms with Crippen molar-refractivity contribution in [1.82, 2.24) is 9.97 Å². The van der Waals surface area contributed by atoms with Crippen LogP contribution in [-0.2, 0) is 0 Å². The van der Waals surface area contributed by atoms with E-state index in [-0.39, 0.29) is 0 Å². The molecule has 6 heteroatoms. The van der Waals surface area contributed by atoms with Gasteiger partial charge in [-0.3, -0.25) is 0 Å². The maximum absolute atomic E-state index is 8.70. The number of nitriles is 1. The van der Waals surface area contributed by atoms with Gasteiger partial charge in [0.05, 0.1) is 6.54 Å². The van der Waals surface area contributed by atoms with Crippen LogP contribution in [0.2, 0.25) is 0 Å². The Morgan fingerprint density at radius 2 is 2.26 bits per heavy atom. The molecule has 2 aromatic rings. The first-order valence-electron chi connectivity index (χ1n) is 5.73. The fraction of sp³-hybridized carbons (Fsp3) is 0.154. The lowest BCUT2D eigenvalue weighted by Crippen LogP contribution is -2.13. The smallest absolute Gasteiger partial charge is 0.224 e. The Labute approximate surface area is 110 Å². The van der Waals surface area contributed by atoms with Gasteiger partial charge in [-0.05, 0) is 18.2 Å². The van der Waals surface area contributed by atoms with E-state index in [1.54, 1.807) is 18.2 Å². The molecule has 1 aromatic carbocycles. The van der Waals surface area contributed by atoms with Gasteiger partial charge in [0, 0.05) is 18.0 Å². The fourth-order valence-corrected chi connectivity index (χ4v) is 1.44. The summed E-state index contributed by atoms with van der Waals surface area (Å²) >= 11 is 0. The van der Waals surface area contributed by atoms with Crippen molar-refractivity contribution in [2.24, 2.45) is 0 Å². The van der Waals surface area contributed by atoms with Gasteiger partial charge in [0.25, 0.3) is 0 Å². The van der Waals surface area contributed by atoms with Crippen LogP contribution < -0.4 is 15.8 Å². The maximum Gasteiger partial charge on any atom is 0.224 e. The molecule has 2 rings (SSSR count). The number of hydrogen-bond acceptors (Lipinski definition) is 6. The maximum atomic E-state index is 8.70. The van der Waals surface area contributed by atoms with E-state index in [0.29, 0.717) is 36.2 Å². The summed E-state index contributed by atoms with van der Waals surface area (Å²) in [6.07, 6.45) is 1.53. The van der Waals surface area contributed by atoms with E-state index in [9.17, 15) is 0 Å². The van der Waals surface area contributed by atoms with Crippen LogP contribution in [0.4, 0.5) is 11.6 Å². The molecule has 0 aliphatic carbocycles. The SMILES string of the molecule is N#Cc1ccnc(NCCOc2cccc(N)c2)n1. The van der Waals surface area contributed by atoms with E-state index in [1.165, 1.54) is 6.20 Å². The molecule has 0 bridgehead atoms. The third kappa shape index (κ3) is 3.85. The minimum Gasteiger partial charge on any atom is -0.492 e. The number of hydrogen-bond donors (Lipinski definition) is 2. The van der Waals surface area contributed by atoms with Crippen molar-refractivity contribution < 1.29 is 4.74 Å². The summed E-state index contributed by atoms with van der Waals surface area (Å²) in [5.41, 5.74) is 6.63. The molecule has 96 valence electrons. The van der Waals surface area contributed by atoms with E-state index >= 15 is 0 Å². The molecule has 0 spiro atoms. The van der Waals surface area contributed by atoms with Crippen LogP contribution in [-0.4, -0.2) is 23.1 Å². The van der Waals surface area contributed by atoms with Crippen molar-refractivity contribution in [2.75, 3.05) is 24.2 Å². The third-order valence-corrected chi connectivity index (χ3v) is 2.28. The van der Waals surface area contributed by atoms with Crippen molar-refractivity contribution in [3.63, 3.8) is 0 Å². The van der Waals surface area contributed by atoms with E-state index in [1.807, 2.05) is 18.2 Å². The number of nitrogens with two attached hydrogens (primary N) is 1. The van der Waals surface area contributed by atoms with Crippen LogP contribution >= 0.6 is 0 Å². The van der Waals surface area contributed by atoms with Crippen LogP contribution in [0.15, 0.2) is 36.5 Å². The summed E-state index contributed by atoms with van der Waals surface area (Å²) in [6.45, 7) is 0.979. The molecule has 3 N–H and O–H groups in total. The lowest BCUT2D eigenvalue weighted by Gasteiger charge is -2.07. The van der Waals surface area contributed by atoms with Crippen molar-refractivity contribution in [3.05, 3.63) is 42.2 Å².